The van der Waals surface area contributed by atoms with Gasteiger partial charge >= 0.3 is 0 Å². The van der Waals surface area contributed by atoms with Crippen LogP contribution in [0.25, 0.3) is 0 Å². The normalized spacial score (nSPS) is 15.0. The predicted octanol–water partition coefficient (Wildman–Crippen LogP) is 3.29. The van der Waals surface area contributed by atoms with Gasteiger partial charge in [0, 0.05) is 25.7 Å². The number of amides is 1. The van der Waals surface area contributed by atoms with Gasteiger partial charge in [-0.2, -0.15) is 0 Å². The molecule has 0 N–H and O–H groups in total. The Balaban J connectivity index is 1.76. The average Bonchev–Trinajstić information content (AvgIpc) is 3.37. The van der Waals surface area contributed by atoms with E-state index in [2.05, 4.69) is 0 Å². The van der Waals surface area contributed by atoms with Crippen molar-refractivity contribution in [3.05, 3.63) is 75.8 Å². The number of nitro groups is 1. The first-order valence-electron chi connectivity index (χ1n) is 7.57. The number of non-ortho nitro benzene ring substituents is 1. The Bertz CT molecular complexity index is 722. The van der Waals surface area contributed by atoms with Crippen LogP contribution < -0.4 is 0 Å². The van der Waals surface area contributed by atoms with E-state index in [1.807, 2.05) is 30.3 Å². The van der Waals surface area contributed by atoms with Crippen LogP contribution in [-0.2, 0) is 16.8 Å². The summed E-state index contributed by atoms with van der Waals surface area (Å²) in [5, 5.41) is 10.8. The fourth-order valence-corrected chi connectivity index (χ4v) is 2.95. The highest BCUT2D eigenvalue weighted by Gasteiger charge is 2.52. The summed E-state index contributed by atoms with van der Waals surface area (Å²) < 4.78 is 0. The number of carbonyl (C=O) groups is 1. The van der Waals surface area contributed by atoms with Crippen molar-refractivity contribution in [1.29, 1.82) is 0 Å². The van der Waals surface area contributed by atoms with E-state index >= 15 is 0 Å². The molecule has 0 bridgehead atoms. The van der Waals surface area contributed by atoms with Crippen LogP contribution in [0.1, 0.15) is 24.0 Å². The molecule has 0 saturated heterocycles. The number of nitro benzene ring substituents is 1. The smallest absolute Gasteiger partial charge is 0.269 e. The molecule has 1 aliphatic carbocycles. The quantitative estimate of drug-likeness (QED) is 0.629. The summed E-state index contributed by atoms with van der Waals surface area (Å²) in [6.07, 6.45) is 1.59. The molecule has 0 heterocycles. The van der Waals surface area contributed by atoms with Crippen molar-refractivity contribution in [2.24, 2.45) is 0 Å². The van der Waals surface area contributed by atoms with Crippen molar-refractivity contribution < 1.29 is 9.72 Å². The predicted molar refractivity (Wildman–Crippen MR) is 86.9 cm³/mol. The second-order valence-electron chi connectivity index (χ2n) is 6.03. The van der Waals surface area contributed by atoms with E-state index in [9.17, 15) is 14.9 Å². The van der Waals surface area contributed by atoms with Gasteiger partial charge in [-0.05, 0) is 24.0 Å². The monoisotopic (exact) mass is 310 g/mol. The van der Waals surface area contributed by atoms with Gasteiger partial charge in [0.15, 0.2) is 0 Å². The Labute approximate surface area is 134 Å². The number of hydrogen-bond donors (Lipinski definition) is 0. The van der Waals surface area contributed by atoms with E-state index in [-0.39, 0.29) is 11.6 Å². The highest BCUT2D eigenvalue weighted by atomic mass is 16.6. The zero-order valence-corrected chi connectivity index (χ0v) is 12.9. The second-order valence-corrected chi connectivity index (χ2v) is 6.03. The highest BCUT2D eigenvalue weighted by molar-refractivity contribution is 5.91. The molecule has 0 aliphatic heterocycles. The summed E-state index contributed by atoms with van der Waals surface area (Å²) in [7, 11) is 1.81. The van der Waals surface area contributed by atoms with Crippen molar-refractivity contribution in [2.45, 2.75) is 24.8 Å². The van der Waals surface area contributed by atoms with Gasteiger partial charge in [-0.15, -0.1) is 0 Å². The van der Waals surface area contributed by atoms with Crippen LogP contribution in [0.3, 0.4) is 0 Å². The van der Waals surface area contributed by atoms with Gasteiger partial charge in [-0.25, -0.2) is 0 Å². The molecule has 1 saturated carbocycles. The van der Waals surface area contributed by atoms with Gasteiger partial charge in [0.05, 0.1) is 10.3 Å². The van der Waals surface area contributed by atoms with Gasteiger partial charge in [-0.3, -0.25) is 14.9 Å². The van der Waals surface area contributed by atoms with Crippen LogP contribution in [0.15, 0.2) is 54.6 Å². The maximum atomic E-state index is 12.8. The third-order valence-electron chi connectivity index (χ3n) is 4.40. The standard InChI is InChI=1S/C18H18N2O3/c1-19(13-14-5-3-2-4-6-14)17(21)18(11-12-18)15-7-9-16(10-8-15)20(22)23/h2-10H,11-13H2,1H3. The lowest BCUT2D eigenvalue weighted by Gasteiger charge is -2.24. The van der Waals surface area contributed by atoms with Crippen molar-refractivity contribution in [1.82, 2.24) is 4.90 Å². The zero-order chi connectivity index (χ0) is 16.4. The van der Waals surface area contributed by atoms with Crippen LogP contribution in [-0.4, -0.2) is 22.8 Å². The second kappa shape index (κ2) is 5.83. The fourth-order valence-electron chi connectivity index (χ4n) is 2.95. The fraction of sp³-hybridized carbons (Fsp3) is 0.278. The summed E-state index contributed by atoms with van der Waals surface area (Å²) in [6.45, 7) is 0.564. The molecular formula is C18H18N2O3. The molecule has 1 aliphatic rings. The molecule has 0 aromatic heterocycles. The number of rotatable bonds is 5. The highest BCUT2D eigenvalue weighted by Crippen LogP contribution is 2.49. The lowest BCUT2D eigenvalue weighted by molar-refractivity contribution is -0.384. The van der Waals surface area contributed by atoms with E-state index in [1.165, 1.54) is 12.1 Å². The third-order valence-corrected chi connectivity index (χ3v) is 4.40. The molecule has 23 heavy (non-hydrogen) atoms. The van der Waals surface area contributed by atoms with E-state index in [0.717, 1.165) is 24.0 Å². The van der Waals surface area contributed by atoms with Gasteiger partial charge in [0.25, 0.3) is 5.69 Å². The molecule has 5 heteroatoms. The number of nitrogens with zero attached hydrogens (tertiary/aromatic N) is 2. The lowest BCUT2D eigenvalue weighted by atomic mass is 9.94. The molecule has 118 valence electrons. The van der Waals surface area contributed by atoms with Crippen molar-refractivity contribution in [2.75, 3.05) is 7.05 Å². The Kier molecular flexibility index (Phi) is 3.86. The summed E-state index contributed by atoms with van der Waals surface area (Å²) in [4.78, 5) is 24.9. The van der Waals surface area contributed by atoms with Crippen LogP contribution >= 0.6 is 0 Å². The SMILES string of the molecule is CN(Cc1ccccc1)C(=O)C1(c2ccc([N+](=O)[O-])cc2)CC1. The number of likely N-dealkylation sites (N-methyl/N-ethyl adjacent to an activating group) is 1. The minimum Gasteiger partial charge on any atom is -0.341 e. The molecule has 0 atom stereocenters. The van der Waals surface area contributed by atoms with E-state index in [0.29, 0.717) is 6.54 Å². The molecule has 0 unspecified atom stereocenters. The van der Waals surface area contributed by atoms with Crippen molar-refractivity contribution in [3.8, 4) is 0 Å². The van der Waals surface area contributed by atoms with Gasteiger partial charge < -0.3 is 4.90 Å². The minimum absolute atomic E-state index is 0.0506. The van der Waals surface area contributed by atoms with E-state index in [1.54, 1.807) is 24.1 Å². The Morgan fingerprint density at radius 1 is 1.13 bits per heavy atom. The molecule has 3 rings (SSSR count). The summed E-state index contributed by atoms with van der Waals surface area (Å²) >= 11 is 0. The van der Waals surface area contributed by atoms with Gasteiger partial charge in [-0.1, -0.05) is 42.5 Å². The first-order chi connectivity index (χ1) is 11.0. The summed E-state index contributed by atoms with van der Waals surface area (Å²) in [6, 6.07) is 16.2. The number of carbonyl (C=O) groups excluding carboxylic acids is 1. The molecule has 1 amide bonds. The van der Waals surface area contributed by atoms with Crippen LogP contribution in [0, 0.1) is 10.1 Å². The first kappa shape index (κ1) is 15.2. The van der Waals surface area contributed by atoms with E-state index < -0.39 is 10.3 Å². The molecule has 2 aromatic rings. The maximum absolute atomic E-state index is 12.8. The first-order valence-corrected chi connectivity index (χ1v) is 7.57. The van der Waals surface area contributed by atoms with Crippen molar-refractivity contribution in [3.63, 3.8) is 0 Å². The summed E-state index contributed by atoms with van der Waals surface area (Å²) in [5.74, 6) is 0.0789. The largest absolute Gasteiger partial charge is 0.341 e. The van der Waals surface area contributed by atoms with Crippen LogP contribution in [0.2, 0.25) is 0 Å². The molecule has 5 nitrogen and oxygen atoms in total. The van der Waals surface area contributed by atoms with Crippen molar-refractivity contribution >= 4 is 11.6 Å². The van der Waals surface area contributed by atoms with Gasteiger partial charge in [0.1, 0.15) is 0 Å². The molecule has 0 spiro atoms. The molecule has 2 aromatic carbocycles. The number of hydrogen-bond acceptors (Lipinski definition) is 3. The Morgan fingerprint density at radius 3 is 2.26 bits per heavy atom. The topological polar surface area (TPSA) is 63.5 Å². The maximum Gasteiger partial charge on any atom is 0.269 e. The Morgan fingerprint density at radius 2 is 1.74 bits per heavy atom. The zero-order valence-electron chi connectivity index (χ0n) is 12.9. The number of benzene rings is 2. The molecular weight excluding hydrogens is 292 g/mol. The Hall–Kier alpha value is -2.69. The van der Waals surface area contributed by atoms with Crippen LogP contribution in [0.4, 0.5) is 5.69 Å². The minimum atomic E-state index is -0.501. The van der Waals surface area contributed by atoms with E-state index in [4.69, 9.17) is 0 Å². The van der Waals surface area contributed by atoms with Crippen LogP contribution in [0.5, 0.6) is 0 Å². The third kappa shape index (κ3) is 2.95. The lowest BCUT2D eigenvalue weighted by Crippen LogP contribution is -2.36. The molecule has 1 fully saturated rings. The average molecular weight is 310 g/mol. The van der Waals surface area contributed by atoms with Gasteiger partial charge in [0.2, 0.25) is 5.91 Å². The molecule has 0 radical (unpaired) electrons. The summed E-state index contributed by atoms with van der Waals surface area (Å²) in [5.41, 5.74) is 1.50.